The zero-order valence-electron chi connectivity index (χ0n) is 17.3. The molecule has 0 saturated carbocycles. The van der Waals surface area contributed by atoms with Crippen molar-refractivity contribution >= 4 is 23.4 Å². The van der Waals surface area contributed by atoms with Crippen molar-refractivity contribution in [2.24, 2.45) is 17.2 Å². The van der Waals surface area contributed by atoms with Crippen LogP contribution in [0.5, 0.6) is 0 Å². The molecule has 1 fully saturated rings. The highest BCUT2D eigenvalue weighted by Gasteiger charge is 2.33. The molecule has 31 heavy (non-hydrogen) atoms. The van der Waals surface area contributed by atoms with Gasteiger partial charge in [0.15, 0.2) is 0 Å². The maximum Gasteiger partial charge on any atom is 0.416 e. The first-order valence-corrected chi connectivity index (χ1v) is 9.80. The Morgan fingerprint density at radius 3 is 2.48 bits per heavy atom. The maximum absolute atomic E-state index is 13.4. The topological polar surface area (TPSA) is 136 Å². The number of aromatic nitrogens is 2. The molecule has 3 rings (SSSR count). The highest BCUT2D eigenvalue weighted by atomic mass is 19.4. The van der Waals surface area contributed by atoms with Crippen LogP contribution in [0.2, 0.25) is 0 Å². The van der Waals surface area contributed by atoms with Crippen molar-refractivity contribution in [3.8, 4) is 0 Å². The van der Waals surface area contributed by atoms with E-state index in [0.29, 0.717) is 19.0 Å². The number of nitrogens with zero attached hydrogens (tertiary/aromatic N) is 3. The van der Waals surface area contributed by atoms with Crippen molar-refractivity contribution in [3.05, 3.63) is 41.1 Å². The van der Waals surface area contributed by atoms with E-state index < -0.39 is 23.2 Å². The number of carbonyl (C=O) groups is 1. The number of nitrogens with one attached hydrogen (secondary N) is 1. The minimum Gasteiger partial charge on any atom is -0.365 e. The van der Waals surface area contributed by atoms with Crippen molar-refractivity contribution in [3.63, 3.8) is 0 Å². The summed E-state index contributed by atoms with van der Waals surface area (Å²) in [6, 6.07) is 3.38. The van der Waals surface area contributed by atoms with Crippen molar-refractivity contribution in [1.82, 2.24) is 9.97 Å². The van der Waals surface area contributed by atoms with Crippen molar-refractivity contribution in [1.29, 1.82) is 0 Å². The monoisotopic (exact) mass is 437 g/mol. The van der Waals surface area contributed by atoms with Gasteiger partial charge in [0, 0.05) is 36.6 Å². The van der Waals surface area contributed by atoms with Gasteiger partial charge in [-0.2, -0.15) is 18.2 Å². The number of piperidine rings is 1. The van der Waals surface area contributed by atoms with Gasteiger partial charge < -0.3 is 27.4 Å². The molecule has 2 aromatic rings. The number of amides is 1. The molecule has 1 amide bonds. The fourth-order valence-corrected chi connectivity index (χ4v) is 3.36. The molecule has 1 atom stereocenters. The fourth-order valence-electron chi connectivity index (χ4n) is 3.36. The number of hydrogen-bond donors (Lipinski definition) is 4. The first-order valence-electron chi connectivity index (χ1n) is 9.80. The largest absolute Gasteiger partial charge is 0.416 e. The second-order valence-corrected chi connectivity index (χ2v) is 8.29. The molecular weight excluding hydrogens is 411 g/mol. The van der Waals surface area contributed by atoms with E-state index in [1.807, 2.05) is 4.90 Å². The van der Waals surface area contributed by atoms with Crippen LogP contribution in [0.1, 0.15) is 48.2 Å². The number of carbonyl (C=O) groups excluding carboxylic acids is 1. The number of anilines is 3. The van der Waals surface area contributed by atoms with Gasteiger partial charge in [0.2, 0.25) is 5.95 Å². The number of alkyl halides is 3. The third-order valence-electron chi connectivity index (χ3n) is 5.05. The van der Waals surface area contributed by atoms with Gasteiger partial charge in [0.1, 0.15) is 11.4 Å². The molecular formula is C20H26F3N7O. The van der Waals surface area contributed by atoms with Crippen LogP contribution >= 0.6 is 0 Å². The lowest BCUT2D eigenvalue weighted by atomic mass is 9.93. The van der Waals surface area contributed by atoms with Crippen LogP contribution in [-0.4, -0.2) is 35.0 Å². The molecule has 1 aromatic carbocycles. The Morgan fingerprint density at radius 1 is 1.23 bits per heavy atom. The summed E-state index contributed by atoms with van der Waals surface area (Å²) in [5.74, 6) is -0.485. The number of primary amides is 1. The Kier molecular flexibility index (Phi) is 6.10. The van der Waals surface area contributed by atoms with E-state index in [1.54, 1.807) is 13.8 Å². The van der Waals surface area contributed by atoms with Crippen molar-refractivity contribution in [2.45, 2.75) is 44.4 Å². The summed E-state index contributed by atoms with van der Waals surface area (Å²) in [6.45, 7) is 4.41. The summed E-state index contributed by atoms with van der Waals surface area (Å²) < 4.78 is 40.3. The fraction of sp³-hybridized carbons (Fsp3) is 0.450. The van der Waals surface area contributed by atoms with Crippen LogP contribution in [0.4, 0.5) is 30.6 Å². The Bertz CT molecular complexity index is 940. The molecule has 1 saturated heterocycles. The van der Waals surface area contributed by atoms with Crippen LogP contribution < -0.4 is 27.4 Å². The molecule has 1 aliphatic heterocycles. The summed E-state index contributed by atoms with van der Waals surface area (Å²) in [5, 5.41) is 2.80. The SMILES string of the molecule is CC(C)(N)c1cc(Nc2nc(N3CCC[C@H](N)C3)ncc2C(N)=O)cc(C(F)(F)F)c1. The Hall–Kier alpha value is -2.92. The Labute approximate surface area is 178 Å². The number of rotatable bonds is 5. The molecule has 7 N–H and O–H groups in total. The van der Waals surface area contributed by atoms with Gasteiger partial charge in [-0.15, -0.1) is 0 Å². The minimum absolute atomic E-state index is 0.0109. The van der Waals surface area contributed by atoms with Crippen LogP contribution in [0.25, 0.3) is 0 Å². The van der Waals surface area contributed by atoms with Gasteiger partial charge in [0.25, 0.3) is 5.91 Å². The average Bonchev–Trinajstić information content (AvgIpc) is 2.66. The number of hydrogen-bond acceptors (Lipinski definition) is 7. The second-order valence-electron chi connectivity index (χ2n) is 8.29. The molecule has 0 radical (unpaired) electrons. The average molecular weight is 437 g/mol. The smallest absolute Gasteiger partial charge is 0.365 e. The first kappa shape index (κ1) is 22.8. The predicted molar refractivity (Wildman–Crippen MR) is 112 cm³/mol. The van der Waals surface area contributed by atoms with E-state index in [9.17, 15) is 18.0 Å². The molecule has 0 spiro atoms. The molecule has 8 nitrogen and oxygen atoms in total. The lowest BCUT2D eigenvalue weighted by Crippen LogP contribution is -2.43. The summed E-state index contributed by atoms with van der Waals surface area (Å²) in [5.41, 5.74) is 15.9. The maximum atomic E-state index is 13.4. The quantitative estimate of drug-likeness (QED) is 0.564. The molecule has 0 bridgehead atoms. The highest BCUT2D eigenvalue weighted by Crippen LogP contribution is 2.35. The van der Waals surface area contributed by atoms with E-state index in [-0.39, 0.29) is 28.7 Å². The summed E-state index contributed by atoms with van der Waals surface area (Å²) >= 11 is 0. The van der Waals surface area contributed by atoms with Gasteiger partial charge in [0.05, 0.1) is 5.56 Å². The van der Waals surface area contributed by atoms with Crippen molar-refractivity contribution < 1.29 is 18.0 Å². The van der Waals surface area contributed by atoms with Crippen LogP contribution in [0, 0.1) is 0 Å². The zero-order chi connectivity index (χ0) is 23.0. The normalized spacial score (nSPS) is 17.5. The minimum atomic E-state index is -4.58. The second kappa shape index (κ2) is 8.31. The Morgan fingerprint density at radius 2 is 1.90 bits per heavy atom. The molecule has 0 unspecified atom stereocenters. The lowest BCUT2D eigenvalue weighted by Gasteiger charge is -2.31. The first-order chi connectivity index (χ1) is 14.3. The molecule has 0 aliphatic carbocycles. The molecule has 2 heterocycles. The summed E-state index contributed by atoms with van der Waals surface area (Å²) in [6.07, 6.45) is -1.59. The van der Waals surface area contributed by atoms with Gasteiger partial charge in [-0.05, 0) is 50.5 Å². The van der Waals surface area contributed by atoms with E-state index in [4.69, 9.17) is 17.2 Å². The van der Waals surface area contributed by atoms with E-state index in [2.05, 4.69) is 15.3 Å². The molecule has 168 valence electrons. The Balaban J connectivity index is 2.04. The third-order valence-corrected chi connectivity index (χ3v) is 5.05. The lowest BCUT2D eigenvalue weighted by molar-refractivity contribution is -0.137. The van der Waals surface area contributed by atoms with Gasteiger partial charge in [-0.1, -0.05) is 0 Å². The molecule has 11 heteroatoms. The van der Waals surface area contributed by atoms with Crippen molar-refractivity contribution in [2.75, 3.05) is 23.3 Å². The van der Waals surface area contributed by atoms with Gasteiger partial charge in [-0.25, -0.2) is 4.98 Å². The van der Waals surface area contributed by atoms with Gasteiger partial charge >= 0.3 is 6.18 Å². The van der Waals surface area contributed by atoms with E-state index in [1.165, 1.54) is 12.3 Å². The molecule has 1 aromatic heterocycles. The number of halogens is 3. The van der Waals surface area contributed by atoms with E-state index >= 15 is 0 Å². The summed E-state index contributed by atoms with van der Waals surface area (Å²) in [7, 11) is 0. The van der Waals surface area contributed by atoms with Crippen LogP contribution in [0.15, 0.2) is 24.4 Å². The van der Waals surface area contributed by atoms with Crippen LogP contribution in [0.3, 0.4) is 0 Å². The van der Waals surface area contributed by atoms with Gasteiger partial charge in [-0.3, -0.25) is 4.79 Å². The third kappa shape index (κ3) is 5.42. The van der Waals surface area contributed by atoms with E-state index in [0.717, 1.165) is 25.0 Å². The van der Waals surface area contributed by atoms with Crippen LogP contribution in [-0.2, 0) is 11.7 Å². The zero-order valence-corrected chi connectivity index (χ0v) is 17.3. The highest BCUT2D eigenvalue weighted by molar-refractivity contribution is 5.98. The predicted octanol–water partition coefficient (Wildman–Crippen LogP) is 2.46. The number of nitrogens with two attached hydrogens (primary N) is 3. The number of benzene rings is 1. The standard InChI is InChI=1S/C20H26F3N7O/c1-19(2,26)11-6-12(20(21,22)23)8-14(7-11)28-17-15(16(25)31)9-27-18(29-17)30-5-3-4-13(24)10-30/h6-9,13H,3-5,10,24,26H2,1-2H3,(H2,25,31)(H,27,28,29)/t13-/m0/s1. The summed E-state index contributed by atoms with van der Waals surface area (Å²) in [4.78, 5) is 22.3. The molecule has 1 aliphatic rings.